The van der Waals surface area contributed by atoms with Crippen LogP contribution in [0.25, 0.3) is 16.2 Å². The van der Waals surface area contributed by atoms with Crippen molar-refractivity contribution in [2.45, 2.75) is 25.1 Å². The van der Waals surface area contributed by atoms with E-state index in [9.17, 15) is 13.2 Å². The molecular formula is C15H16F3N7S. The van der Waals surface area contributed by atoms with E-state index in [4.69, 9.17) is 5.73 Å². The van der Waals surface area contributed by atoms with Crippen LogP contribution in [0.5, 0.6) is 0 Å². The summed E-state index contributed by atoms with van der Waals surface area (Å²) < 4.78 is 40.8. The Balaban J connectivity index is 1.67. The van der Waals surface area contributed by atoms with Crippen molar-refractivity contribution < 1.29 is 13.2 Å². The molecule has 7 nitrogen and oxygen atoms in total. The number of nitrogens with two attached hydrogens (primary N) is 1. The molecule has 1 fully saturated rings. The molecule has 0 saturated carbocycles. The summed E-state index contributed by atoms with van der Waals surface area (Å²) in [5, 5.41) is 11.8. The molecule has 0 radical (unpaired) electrons. The molecule has 1 aliphatic heterocycles. The Morgan fingerprint density at radius 2 is 2.00 bits per heavy atom. The van der Waals surface area contributed by atoms with E-state index in [0.29, 0.717) is 21.8 Å². The fourth-order valence-corrected chi connectivity index (χ4v) is 3.78. The Bertz CT molecular complexity index is 927. The number of imidazole rings is 1. The molecule has 0 atom stereocenters. The van der Waals surface area contributed by atoms with Crippen LogP contribution in [-0.2, 0) is 6.18 Å². The van der Waals surface area contributed by atoms with Crippen LogP contribution in [0.15, 0.2) is 18.5 Å². The van der Waals surface area contributed by atoms with Gasteiger partial charge in [-0.1, -0.05) is 11.3 Å². The molecule has 26 heavy (non-hydrogen) atoms. The van der Waals surface area contributed by atoms with E-state index in [1.54, 1.807) is 0 Å². The summed E-state index contributed by atoms with van der Waals surface area (Å²) in [6, 6.07) is 1.30. The van der Waals surface area contributed by atoms with Crippen molar-refractivity contribution >= 4 is 27.2 Å². The third-order valence-electron chi connectivity index (χ3n) is 4.27. The van der Waals surface area contributed by atoms with Crippen LogP contribution in [0.4, 0.5) is 24.1 Å². The summed E-state index contributed by atoms with van der Waals surface area (Å²) in [6.07, 6.45) is 0.200. The van der Waals surface area contributed by atoms with Crippen molar-refractivity contribution in [2.75, 3.05) is 24.1 Å². The van der Waals surface area contributed by atoms with Crippen molar-refractivity contribution in [1.29, 1.82) is 0 Å². The van der Waals surface area contributed by atoms with Gasteiger partial charge >= 0.3 is 6.18 Å². The van der Waals surface area contributed by atoms with E-state index in [0.717, 1.165) is 32.0 Å². The number of alkyl halides is 3. The topological polar surface area (TPSA) is 93.2 Å². The molecule has 138 valence electrons. The number of halogens is 3. The summed E-state index contributed by atoms with van der Waals surface area (Å²) >= 11 is 1.36. The van der Waals surface area contributed by atoms with E-state index >= 15 is 0 Å². The molecule has 4 rings (SSSR count). The van der Waals surface area contributed by atoms with Crippen LogP contribution in [-0.4, -0.2) is 38.7 Å². The maximum absolute atomic E-state index is 13.1. The van der Waals surface area contributed by atoms with Gasteiger partial charge in [-0.2, -0.15) is 13.2 Å². The highest BCUT2D eigenvalue weighted by Crippen LogP contribution is 2.35. The summed E-state index contributed by atoms with van der Waals surface area (Å²) in [7, 11) is 0. The number of hydrogen-bond acceptors (Lipinski definition) is 7. The van der Waals surface area contributed by atoms with Crippen molar-refractivity contribution in [2.24, 2.45) is 0 Å². The van der Waals surface area contributed by atoms with Gasteiger partial charge in [-0.05, 0) is 32.0 Å². The Labute approximate surface area is 150 Å². The molecule has 1 aliphatic rings. The second kappa shape index (κ2) is 6.40. The van der Waals surface area contributed by atoms with Crippen molar-refractivity contribution in [3.8, 4) is 11.3 Å². The van der Waals surface area contributed by atoms with Crippen molar-refractivity contribution in [1.82, 2.24) is 24.9 Å². The van der Waals surface area contributed by atoms with Gasteiger partial charge in [0.25, 0.3) is 0 Å². The normalized spacial score (nSPS) is 16.3. The Morgan fingerprint density at radius 1 is 1.23 bits per heavy atom. The van der Waals surface area contributed by atoms with Gasteiger partial charge < -0.3 is 16.4 Å². The number of aromatic nitrogens is 4. The zero-order valence-corrected chi connectivity index (χ0v) is 14.4. The van der Waals surface area contributed by atoms with E-state index in [-0.39, 0.29) is 5.56 Å². The Hall–Kier alpha value is -2.40. The molecule has 4 N–H and O–H groups in total. The van der Waals surface area contributed by atoms with Crippen LogP contribution in [0, 0.1) is 0 Å². The third kappa shape index (κ3) is 3.19. The molecular weight excluding hydrogens is 367 g/mol. The molecule has 0 spiro atoms. The SMILES string of the molecule is Nc1ncc(-c2cnc3sc(NC4CCNCC4)nn23)cc1C(F)(F)F. The summed E-state index contributed by atoms with van der Waals surface area (Å²) in [5.41, 5.74) is 5.10. The lowest BCUT2D eigenvalue weighted by Crippen LogP contribution is -2.35. The molecule has 3 aromatic rings. The minimum atomic E-state index is -4.57. The summed E-state index contributed by atoms with van der Waals surface area (Å²) in [5.74, 6) is -0.548. The average molecular weight is 383 g/mol. The lowest BCUT2D eigenvalue weighted by atomic mass is 10.1. The van der Waals surface area contributed by atoms with Crippen molar-refractivity contribution in [3.05, 3.63) is 24.0 Å². The molecule has 4 heterocycles. The van der Waals surface area contributed by atoms with E-state index in [1.807, 2.05) is 0 Å². The number of nitrogens with one attached hydrogen (secondary N) is 2. The number of piperidine rings is 1. The highest BCUT2D eigenvalue weighted by Gasteiger charge is 2.34. The number of pyridine rings is 1. The molecule has 11 heteroatoms. The number of rotatable bonds is 3. The van der Waals surface area contributed by atoms with Gasteiger partial charge in [-0.15, -0.1) is 5.10 Å². The van der Waals surface area contributed by atoms with Gasteiger partial charge in [0.1, 0.15) is 5.82 Å². The standard InChI is InChI=1S/C15H16F3N7S/c16-15(17,18)10-5-8(6-21-12(10)19)11-7-22-14-25(11)24-13(26-14)23-9-1-3-20-4-2-9/h5-7,9,20H,1-4H2,(H2,19,21)(H,23,24). The zero-order chi connectivity index (χ0) is 18.3. The predicted molar refractivity (Wildman–Crippen MR) is 93.0 cm³/mol. The molecule has 1 saturated heterocycles. The maximum atomic E-state index is 13.1. The second-order valence-corrected chi connectivity index (χ2v) is 7.02. The number of nitrogens with zero attached hydrogens (tertiary/aromatic N) is 4. The quantitative estimate of drug-likeness (QED) is 0.644. The molecule has 0 unspecified atom stereocenters. The number of fused-ring (bicyclic) bond motifs is 1. The predicted octanol–water partition coefficient (Wildman–Crippen LogP) is 2.62. The highest BCUT2D eigenvalue weighted by atomic mass is 32.1. The van der Waals surface area contributed by atoms with E-state index in [2.05, 4.69) is 25.7 Å². The minimum Gasteiger partial charge on any atom is -0.383 e. The second-order valence-electron chi connectivity index (χ2n) is 6.07. The molecule has 0 aromatic carbocycles. The van der Waals surface area contributed by atoms with Crippen LogP contribution in [0.3, 0.4) is 0 Å². The minimum absolute atomic E-state index is 0.262. The van der Waals surface area contributed by atoms with Gasteiger partial charge in [0.2, 0.25) is 10.1 Å². The zero-order valence-electron chi connectivity index (χ0n) is 13.5. The first-order valence-corrected chi connectivity index (χ1v) is 8.88. The lowest BCUT2D eigenvalue weighted by molar-refractivity contribution is -0.137. The molecule has 0 amide bonds. The first-order valence-electron chi connectivity index (χ1n) is 8.07. The highest BCUT2D eigenvalue weighted by molar-refractivity contribution is 7.20. The fraction of sp³-hybridized carbons (Fsp3) is 0.400. The Morgan fingerprint density at radius 3 is 2.73 bits per heavy atom. The van der Waals surface area contributed by atoms with Crippen LogP contribution in [0.1, 0.15) is 18.4 Å². The maximum Gasteiger partial charge on any atom is 0.419 e. The first kappa shape index (κ1) is 17.0. The van der Waals surface area contributed by atoms with Crippen LogP contribution in [0.2, 0.25) is 0 Å². The first-order chi connectivity index (χ1) is 12.4. The van der Waals surface area contributed by atoms with Crippen LogP contribution >= 0.6 is 11.3 Å². The lowest BCUT2D eigenvalue weighted by Gasteiger charge is -2.22. The van der Waals surface area contributed by atoms with Gasteiger partial charge in [-0.3, -0.25) is 0 Å². The summed E-state index contributed by atoms with van der Waals surface area (Å²) in [6.45, 7) is 1.89. The fourth-order valence-electron chi connectivity index (χ4n) is 2.93. The van der Waals surface area contributed by atoms with E-state index < -0.39 is 17.6 Å². The smallest absolute Gasteiger partial charge is 0.383 e. The van der Waals surface area contributed by atoms with Crippen molar-refractivity contribution in [3.63, 3.8) is 0 Å². The summed E-state index contributed by atoms with van der Waals surface area (Å²) in [4.78, 5) is 8.53. The third-order valence-corrected chi connectivity index (χ3v) is 5.13. The Kier molecular flexibility index (Phi) is 4.19. The monoisotopic (exact) mass is 383 g/mol. The molecule has 0 bridgehead atoms. The van der Waals surface area contributed by atoms with Gasteiger partial charge in [-0.25, -0.2) is 14.5 Å². The molecule has 0 aliphatic carbocycles. The van der Waals surface area contributed by atoms with Gasteiger partial charge in [0, 0.05) is 17.8 Å². The van der Waals surface area contributed by atoms with Crippen LogP contribution < -0.4 is 16.4 Å². The average Bonchev–Trinajstić information content (AvgIpc) is 3.15. The number of nitrogen functional groups attached to an aromatic ring is 1. The number of hydrogen-bond donors (Lipinski definition) is 3. The van der Waals surface area contributed by atoms with Gasteiger partial charge in [0.15, 0.2) is 0 Å². The largest absolute Gasteiger partial charge is 0.419 e. The molecule has 3 aromatic heterocycles. The van der Waals surface area contributed by atoms with E-state index in [1.165, 1.54) is 28.2 Å². The van der Waals surface area contributed by atoms with Gasteiger partial charge in [0.05, 0.1) is 17.5 Å². The number of anilines is 2.